The van der Waals surface area contributed by atoms with E-state index < -0.39 is 0 Å². The summed E-state index contributed by atoms with van der Waals surface area (Å²) in [6.07, 6.45) is 5.26. The maximum Gasteiger partial charge on any atom is 0.271 e. The van der Waals surface area contributed by atoms with E-state index in [1.54, 1.807) is 30.5 Å². The van der Waals surface area contributed by atoms with Gasteiger partial charge >= 0.3 is 0 Å². The number of halogens is 1. The predicted octanol–water partition coefficient (Wildman–Crippen LogP) is 4.34. The van der Waals surface area contributed by atoms with Crippen molar-refractivity contribution in [3.05, 3.63) is 39.9 Å². The van der Waals surface area contributed by atoms with E-state index in [-0.39, 0.29) is 12.0 Å². The molecule has 0 spiro atoms. The summed E-state index contributed by atoms with van der Waals surface area (Å²) in [5.41, 5.74) is 3.03. The lowest BCUT2D eigenvalue weighted by atomic mass is 10.1. The molecule has 0 atom stereocenters. The van der Waals surface area contributed by atoms with Crippen LogP contribution in [0.25, 0.3) is 0 Å². The average molecular weight is 407 g/mol. The Hall–Kier alpha value is -2.12. The summed E-state index contributed by atoms with van der Waals surface area (Å²) < 4.78 is 5.57. The molecule has 0 radical (unpaired) electrons. The highest BCUT2D eigenvalue weighted by atomic mass is 35.5. The molecule has 27 heavy (non-hydrogen) atoms. The maximum atomic E-state index is 12.2. The van der Waals surface area contributed by atoms with Gasteiger partial charge in [-0.1, -0.05) is 22.9 Å². The fourth-order valence-electron chi connectivity index (χ4n) is 2.77. The lowest BCUT2D eigenvalue weighted by molar-refractivity contribution is 0.0955. The number of carbonyl (C=O) groups is 1. The van der Waals surface area contributed by atoms with Crippen molar-refractivity contribution < 1.29 is 9.53 Å². The van der Waals surface area contributed by atoms with Crippen LogP contribution in [0.4, 0.5) is 5.13 Å². The second-order valence-corrected chi connectivity index (χ2v) is 7.96. The van der Waals surface area contributed by atoms with E-state index in [4.69, 9.17) is 16.3 Å². The first-order chi connectivity index (χ1) is 13.0. The quantitative estimate of drug-likeness (QED) is 0.572. The minimum atomic E-state index is -0.292. The van der Waals surface area contributed by atoms with E-state index in [1.807, 2.05) is 13.8 Å². The van der Waals surface area contributed by atoms with Gasteiger partial charge in [-0.25, -0.2) is 10.4 Å². The zero-order chi connectivity index (χ0) is 19.2. The SMILES string of the molecule is CC(C)Oc1ccc(C(=O)N/N=C\c2sc(N3CCCCC3)nc2Cl)cc1. The Bertz CT molecular complexity index is 799. The zero-order valence-electron chi connectivity index (χ0n) is 15.4. The van der Waals surface area contributed by atoms with Crippen molar-refractivity contribution in [1.82, 2.24) is 10.4 Å². The van der Waals surface area contributed by atoms with Gasteiger partial charge in [-0.3, -0.25) is 4.79 Å². The van der Waals surface area contributed by atoms with Crippen molar-refractivity contribution in [2.24, 2.45) is 5.10 Å². The van der Waals surface area contributed by atoms with E-state index in [0.717, 1.165) is 28.8 Å². The van der Waals surface area contributed by atoms with Gasteiger partial charge in [-0.15, -0.1) is 0 Å². The first-order valence-electron chi connectivity index (χ1n) is 9.04. The molecular formula is C19H23ClN4O2S. The molecule has 2 heterocycles. The largest absolute Gasteiger partial charge is 0.491 e. The highest BCUT2D eigenvalue weighted by molar-refractivity contribution is 7.17. The minimum Gasteiger partial charge on any atom is -0.491 e. The number of benzene rings is 1. The number of hydrazone groups is 1. The Morgan fingerprint density at radius 3 is 2.67 bits per heavy atom. The fraction of sp³-hybridized carbons (Fsp3) is 0.421. The lowest BCUT2D eigenvalue weighted by Gasteiger charge is -2.25. The summed E-state index contributed by atoms with van der Waals surface area (Å²) in [5.74, 6) is 0.436. The van der Waals surface area contributed by atoms with Crippen LogP contribution >= 0.6 is 22.9 Å². The standard InChI is InChI=1S/C19H23ClN4O2S/c1-13(2)26-15-8-6-14(7-9-15)18(25)23-21-12-16-17(20)22-19(27-16)24-10-4-3-5-11-24/h6-9,12-13H,3-5,10-11H2,1-2H3,(H,23,25)/b21-12-. The number of rotatable bonds is 6. The van der Waals surface area contributed by atoms with Gasteiger partial charge in [-0.05, 0) is 57.4 Å². The van der Waals surface area contributed by atoms with Crippen LogP contribution in [0.15, 0.2) is 29.4 Å². The highest BCUT2D eigenvalue weighted by Gasteiger charge is 2.16. The molecule has 0 bridgehead atoms. The third-order valence-corrected chi connectivity index (χ3v) is 5.51. The number of nitrogens with zero attached hydrogens (tertiary/aromatic N) is 3. The van der Waals surface area contributed by atoms with E-state index >= 15 is 0 Å². The average Bonchev–Trinajstić information content (AvgIpc) is 3.03. The predicted molar refractivity (Wildman–Crippen MR) is 110 cm³/mol. The molecule has 0 saturated carbocycles. The van der Waals surface area contributed by atoms with Gasteiger partial charge in [0.15, 0.2) is 10.3 Å². The Kier molecular flexibility index (Phi) is 6.68. The van der Waals surface area contributed by atoms with Crippen molar-refractivity contribution in [2.75, 3.05) is 18.0 Å². The first kappa shape index (κ1) is 19.6. The number of nitrogens with one attached hydrogen (secondary N) is 1. The van der Waals surface area contributed by atoms with Gasteiger partial charge in [0.2, 0.25) is 0 Å². The molecule has 144 valence electrons. The Labute approximate surface area is 168 Å². The molecular weight excluding hydrogens is 384 g/mol. The van der Waals surface area contributed by atoms with Crippen molar-refractivity contribution in [3.8, 4) is 5.75 Å². The van der Waals surface area contributed by atoms with Gasteiger partial charge < -0.3 is 9.64 Å². The first-order valence-corrected chi connectivity index (χ1v) is 10.2. The molecule has 2 aromatic rings. The molecule has 0 aliphatic carbocycles. The minimum absolute atomic E-state index is 0.0910. The Balaban J connectivity index is 1.58. The van der Waals surface area contributed by atoms with Gasteiger partial charge in [0.05, 0.1) is 17.2 Å². The molecule has 0 unspecified atom stereocenters. The summed E-state index contributed by atoms with van der Waals surface area (Å²) in [4.78, 5) is 19.6. The normalized spacial score (nSPS) is 14.7. The van der Waals surface area contributed by atoms with Crippen LogP contribution in [-0.4, -0.2) is 36.3 Å². The molecule has 1 N–H and O–H groups in total. The van der Waals surface area contributed by atoms with Crippen LogP contribution < -0.4 is 15.1 Å². The lowest BCUT2D eigenvalue weighted by Crippen LogP contribution is -2.29. The van der Waals surface area contributed by atoms with Crippen LogP contribution in [0.2, 0.25) is 5.15 Å². The number of thiazole rings is 1. The van der Waals surface area contributed by atoms with Gasteiger partial charge in [0, 0.05) is 18.7 Å². The van der Waals surface area contributed by atoms with E-state index in [1.165, 1.54) is 30.6 Å². The van der Waals surface area contributed by atoms with Crippen molar-refractivity contribution in [2.45, 2.75) is 39.2 Å². The van der Waals surface area contributed by atoms with Crippen molar-refractivity contribution in [3.63, 3.8) is 0 Å². The van der Waals surface area contributed by atoms with E-state index in [9.17, 15) is 4.79 Å². The van der Waals surface area contributed by atoms with Crippen molar-refractivity contribution >= 4 is 40.2 Å². The summed E-state index contributed by atoms with van der Waals surface area (Å²) in [6, 6.07) is 6.95. The van der Waals surface area contributed by atoms with Gasteiger partial charge in [0.25, 0.3) is 5.91 Å². The Morgan fingerprint density at radius 2 is 2.00 bits per heavy atom. The smallest absolute Gasteiger partial charge is 0.271 e. The number of hydrogen-bond acceptors (Lipinski definition) is 6. The Morgan fingerprint density at radius 1 is 1.30 bits per heavy atom. The summed E-state index contributed by atoms with van der Waals surface area (Å²) in [6.45, 7) is 5.93. The van der Waals surface area contributed by atoms with Crippen LogP contribution in [0.3, 0.4) is 0 Å². The number of amides is 1. The third-order valence-electron chi connectivity index (χ3n) is 4.06. The second-order valence-electron chi connectivity index (χ2n) is 6.59. The molecule has 6 nitrogen and oxygen atoms in total. The third kappa shape index (κ3) is 5.43. The number of aromatic nitrogens is 1. The number of ether oxygens (including phenoxy) is 1. The van der Waals surface area contributed by atoms with E-state index in [0.29, 0.717) is 10.7 Å². The van der Waals surface area contributed by atoms with Gasteiger partial charge in [-0.2, -0.15) is 5.10 Å². The monoisotopic (exact) mass is 406 g/mol. The molecule has 1 aliphatic rings. The van der Waals surface area contributed by atoms with Crippen LogP contribution in [0.1, 0.15) is 48.3 Å². The molecule has 3 rings (SSSR count). The zero-order valence-corrected chi connectivity index (χ0v) is 17.0. The molecule has 1 fully saturated rings. The molecule has 1 amide bonds. The van der Waals surface area contributed by atoms with Gasteiger partial charge in [0.1, 0.15) is 5.75 Å². The summed E-state index contributed by atoms with van der Waals surface area (Å²) in [7, 11) is 0. The van der Waals surface area contributed by atoms with E-state index in [2.05, 4.69) is 20.4 Å². The number of piperidine rings is 1. The molecule has 1 saturated heterocycles. The maximum absolute atomic E-state index is 12.2. The summed E-state index contributed by atoms with van der Waals surface area (Å²) >= 11 is 7.70. The second kappa shape index (κ2) is 9.19. The number of carbonyl (C=O) groups excluding carboxylic acids is 1. The fourth-order valence-corrected chi connectivity index (χ4v) is 3.95. The number of anilines is 1. The van der Waals surface area contributed by atoms with Crippen molar-refractivity contribution in [1.29, 1.82) is 0 Å². The number of hydrogen-bond donors (Lipinski definition) is 1. The summed E-state index contributed by atoms with van der Waals surface area (Å²) in [5, 5.41) is 5.34. The molecule has 1 aliphatic heterocycles. The van der Waals surface area contributed by atoms with Crippen LogP contribution in [-0.2, 0) is 0 Å². The topological polar surface area (TPSA) is 66.8 Å². The van der Waals surface area contributed by atoms with Crippen LogP contribution in [0, 0.1) is 0 Å². The molecule has 1 aromatic carbocycles. The molecule has 8 heteroatoms. The molecule has 1 aromatic heterocycles. The highest BCUT2D eigenvalue weighted by Crippen LogP contribution is 2.30. The van der Waals surface area contributed by atoms with Crippen LogP contribution in [0.5, 0.6) is 5.75 Å².